The second-order valence-corrected chi connectivity index (χ2v) is 8.09. The Morgan fingerprint density at radius 2 is 1.82 bits per heavy atom. The molecule has 0 bridgehead atoms. The van der Waals surface area contributed by atoms with Crippen LogP contribution >= 0.6 is 11.8 Å². The van der Waals surface area contributed by atoms with E-state index in [9.17, 15) is 9.59 Å². The molecule has 0 aliphatic heterocycles. The molecule has 6 nitrogen and oxygen atoms in total. The van der Waals surface area contributed by atoms with Crippen LogP contribution < -0.4 is 15.4 Å². The third-order valence-electron chi connectivity index (χ3n) is 3.79. The van der Waals surface area contributed by atoms with Crippen LogP contribution in [0.4, 0.5) is 5.69 Å². The van der Waals surface area contributed by atoms with Crippen molar-refractivity contribution in [1.29, 1.82) is 0 Å². The first-order valence-electron chi connectivity index (χ1n) is 9.21. The van der Waals surface area contributed by atoms with Gasteiger partial charge in [0, 0.05) is 24.5 Å². The number of benzene rings is 1. The highest BCUT2D eigenvalue weighted by Crippen LogP contribution is 2.14. The predicted molar refractivity (Wildman–Crippen MR) is 114 cm³/mol. The number of amides is 2. The van der Waals surface area contributed by atoms with Gasteiger partial charge < -0.3 is 15.4 Å². The second kappa shape index (κ2) is 10.7. The van der Waals surface area contributed by atoms with Crippen LogP contribution in [0.25, 0.3) is 0 Å². The maximum Gasteiger partial charge on any atom is 0.234 e. The van der Waals surface area contributed by atoms with Gasteiger partial charge in [-0.2, -0.15) is 0 Å². The van der Waals surface area contributed by atoms with Crippen LogP contribution in [-0.2, 0) is 16.1 Å². The summed E-state index contributed by atoms with van der Waals surface area (Å²) in [7, 11) is 0. The minimum atomic E-state index is -0.333. The van der Waals surface area contributed by atoms with Crippen LogP contribution in [0.5, 0.6) is 5.88 Å². The highest BCUT2D eigenvalue weighted by Gasteiger charge is 2.15. The van der Waals surface area contributed by atoms with Gasteiger partial charge in [0.15, 0.2) is 0 Å². The van der Waals surface area contributed by atoms with Gasteiger partial charge in [-0.1, -0.05) is 23.8 Å². The van der Waals surface area contributed by atoms with Crippen LogP contribution in [0.3, 0.4) is 0 Å². The van der Waals surface area contributed by atoms with Crippen molar-refractivity contribution in [2.75, 3.05) is 11.1 Å². The van der Waals surface area contributed by atoms with E-state index in [0.29, 0.717) is 12.4 Å². The molecular formula is C21H27N3O3S. The Morgan fingerprint density at radius 1 is 1.11 bits per heavy atom. The minimum absolute atomic E-state index is 0.0686. The van der Waals surface area contributed by atoms with Crippen molar-refractivity contribution in [2.45, 2.75) is 45.6 Å². The van der Waals surface area contributed by atoms with E-state index in [1.807, 2.05) is 51.1 Å². The Kier molecular flexibility index (Phi) is 8.32. The molecule has 1 aromatic heterocycles. The van der Waals surface area contributed by atoms with E-state index in [1.165, 1.54) is 11.8 Å². The summed E-state index contributed by atoms with van der Waals surface area (Å²) >= 11 is 1.30. The third kappa shape index (κ3) is 7.60. The first kappa shape index (κ1) is 21.8. The number of aromatic nitrogens is 1. The summed E-state index contributed by atoms with van der Waals surface area (Å²) in [5, 5.41) is 5.36. The molecule has 0 fully saturated rings. The Hall–Kier alpha value is -2.54. The van der Waals surface area contributed by atoms with E-state index in [4.69, 9.17) is 4.74 Å². The highest BCUT2D eigenvalue weighted by molar-refractivity contribution is 8.01. The molecule has 1 unspecified atom stereocenters. The number of nitrogens with one attached hydrogen (secondary N) is 2. The summed E-state index contributed by atoms with van der Waals surface area (Å²) in [5.41, 5.74) is 2.78. The summed E-state index contributed by atoms with van der Waals surface area (Å²) in [5.74, 6) is 0.535. The van der Waals surface area contributed by atoms with Crippen molar-refractivity contribution in [1.82, 2.24) is 10.3 Å². The molecule has 2 aromatic rings. The number of aryl methyl sites for hydroxylation is 1. The van der Waals surface area contributed by atoms with E-state index in [-0.39, 0.29) is 28.9 Å². The van der Waals surface area contributed by atoms with Crippen LogP contribution in [0.2, 0.25) is 0 Å². The minimum Gasteiger partial charge on any atom is -0.475 e. The second-order valence-electron chi connectivity index (χ2n) is 6.76. The lowest BCUT2D eigenvalue weighted by Gasteiger charge is -2.13. The summed E-state index contributed by atoms with van der Waals surface area (Å²) in [6.07, 6.45) is 1.75. The third-order valence-corrected chi connectivity index (χ3v) is 4.93. The zero-order chi connectivity index (χ0) is 20.5. The number of anilines is 1. The summed E-state index contributed by atoms with van der Waals surface area (Å²) in [6.45, 7) is 8.04. The van der Waals surface area contributed by atoms with Gasteiger partial charge in [0.05, 0.1) is 17.1 Å². The first-order chi connectivity index (χ1) is 13.3. The number of rotatable bonds is 9. The normalized spacial score (nSPS) is 11.8. The van der Waals surface area contributed by atoms with Crippen molar-refractivity contribution >= 4 is 29.3 Å². The lowest BCUT2D eigenvalue weighted by Crippen LogP contribution is -2.31. The zero-order valence-corrected chi connectivity index (χ0v) is 17.5. The largest absolute Gasteiger partial charge is 0.475 e. The lowest BCUT2D eigenvalue weighted by atomic mass is 10.2. The molecular weight excluding hydrogens is 374 g/mol. The Morgan fingerprint density at radius 3 is 2.43 bits per heavy atom. The fourth-order valence-corrected chi connectivity index (χ4v) is 2.98. The van der Waals surface area contributed by atoms with Gasteiger partial charge >= 0.3 is 0 Å². The number of nitrogens with zero attached hydrogens (tertiary/aromatic N) is 1. The molecule has 28 heavy (non-hydrogen) atoms. The van der Waals surface area contributed by atoms with Crippen molar-refractivity contribution in [2.24, 2.45) is 0 Å². The molecule has 0 spiro atoms. The SMILES string of the molecule is Cc1ccc(NC(=O)CSC(C)C(=O)NCc2ccc(OC(C)C)nc2)cc1. The van der Waals surface area contributed by atoms with Crippen LogP contribution in [0.1, 0.15) is 31.9 Å². The van der Waals surface area contributed by atoms with Gasteiger partial charge in [0.2, 0.25) is 17.7 Å². The van der Waals surface area contributed by atoms with Crippen LogP contribution in [0, 0.1) is 6.92 Å². The summed E-state index contributed by atoms with van der Waals surface area (Å²) in [6, 6.07) is 11.3. The van der Waals surface area contributed by atoms with Crippen molar-refractivity contribution in [3.63, 3.8) is 0 Å². The number of hydrogen-bond acceptors (Lipinski definition) is 5. The lowest BCUT2D eigenvalue weighted by molar-refractivity contribution is -0.120. The molecule has 0 aliphatic carbocycles. The molecule has 0 aliphatic rings. The Bertz CT molecular complexity index is 776. The molecule has 0 saturated carbocycles. The summed E-state index contributed by atoms with van der Waals surface area (Å²) in [4.78, 5) is 28.5. The van der Waals surface area contributed by atoms with Crippen molar-refractivity contribution < 1.29 is 14.3 Å². The number of carbonyl (C=O) groups is 2. The van der Waals surface area contributed by atoms with Crippen LogP contribution in [-0.4, -0.2) is 33.9 Å². The van der Waals surface area contributed by atoms with Gasteiger partial charge in [-0.3, -0.25) is 9.59 Å². The van der Waals surface area contributed by atoms with E-state index in [1.54, 1.807) is 19.2 Å². The van der Waals surface area contributed by atoms with Crippen molar-refractivity contribution in [3.05, 3.63) is 53.7 Å². The Balaban J connectivity index is 1.71. The van der Waals surface area contributed by atoms with Gasteiger partial charge in [-0.15, -0.1) is 11.8 Å². The van der Waals surface area contributed by atoms with Crippen LogP contribution in [0.15, 0.2) is 42.6 Å². The maximum absolute atomic E-state index is 12.2. The summed E-state index contributed by atoms with van der Waals surface area (Å²) < 4.78 is 5.50. The van der Waals surface area contributed by atoms with Gasteiger partial charge in [-0.25, -0.2) is 4.98 Å². The maximum atomic E-state index is 12.2. The highest BCUT2D eigenvalue weighted by atomic mass is 32.2. The van der Waals surface area contributed by atoms with Gasteiger partial charge in [0.25, 0.3) is 0 Å². The van der Waals surface area contributed by atoms with Gasteiger partial charge in [-0.05, 0) is 45.4 Å². The van der Waals surface area contributed by atoms with Crippen molar-refractivity contribution in [3.8, 4) is 5.88 Å². The average Bonchev–Trinajstić information content (AvgIpc) is 2.66. The van der Waals surface area contributed by atoms with E-state index >= 15 is 0 Å². The fraction of sp³-hybridized carbons (Fsp3) is 0.381. The Labute approximate surface area is 170 Å². The first-order valence-corrected chi connectivity index (χ1v) is 10.3. The average molecular weight is 402 g/mol. The molecule has 2 amide bonds. The number of hydrogen-bond donors (Lipinski definition) is 2. The molecule has 7 heteroatoms. The molecule has 1 heterocycles. The topological polar surface area (TPSA) is 80.3 Å². The monoisotopic (exact) mass is 401 g/mol. The molecule has 2 N–H and O–H groups in total. The molecule has 1 aromatic carbocycles. The predicted octanol–water partition coefficient (Wildman–Crippen LogP) is 3.55. The quantitative estimate of drug-likeness (QED) is 0.672. The molecule has 0 saturated heterocycles. The standard InChI is InChI=1S/C21H27N3O3S/c1-14(2)27-20-10-7-17(11-22-20)12-23-21(26)16(4)28-13-19(25)24-18-8-5-15(3)6-9-18/h5-11,14,16H,12-13H2,1-4H3,(H,23,26)(H,24,25). The number of ether oxygens (including phenoxy) is 1. The molecule has 2 rings (SSSR count). The molecule has 150 valence electrons. The zero-order valence-electron chi connectivity index (χ0n) is 16.7. The van der Waals surface area contributed by atoms with E-state index < -0.39 is 0 Å². The number of carbonyl (C=O) groups excluding carboxylic acids is 2. The number of thioether (sulfide) groups is 1. The number of pyridine rings is 1. The van der Waals surface area contributed by atoms with Gasteiger partial charge in [0.1, 0.15) is 0 Å². The van der Waals surface area contributed by atoms with E-state index in [0.717, 1.165) is 16.8 Å². The smallest absolute Gasteiger partial charge is 0.234 e. The molecule has 0 radical (unpaired) electrons. The molecule has 1 atom stereocenters. The fourth-order valence-electron chi connectivity index (χ4n) is 2.27. The van der Waals surface area contributed by atoms with E-state index in [2.05, 4.69) is 15.6 Å².